The zero-order valence-electron chi connectivity index (χ0n) is 14.1. The molecule has 0 aliphatic carbocycles. The van der Waals surface area contributed by atoms with Crippen LogP contribution in [-0.2, 0) is 17.8 Å². The lowest BCUT2D eigenvalue weighted by Gasteiger charge is -2.20. The van der Waals surface area contributed by atoms with E-state index >= 15 is 0 Å². The summed E-state index contributed by atoms with van der Waals surface area (Å²) in [6, 6.07) is 13.2. The summed E-state index contributed by atoms with van der Waals surface area (Å²) in [7, 11) is 0. The predicted molar refractivity (Wildman–Crippen MR) is 95.0 cm³/mol. The van der Waals surface area contributed by atoms with Crippen molar-refractivity contribution in [2.45, 2.75) is 25.9 Å². The Morgan fingerprint density at radius 2 is 1.88 bits per heavy atom. The number of benzene rings is 2. The lowest BCUT2D eigenvalue weighted by atomic mass is 9.98. The third-order valence-electron chi connectivity index (χ3n) is 3.97. The molecule has 0 radical (unpaired) electrons. The highest BCUT2D eigenvalue weighted by Gasteiger charge is 2.17. The van der Waals surface area contributed by atoms with Crippen LogP contribution in [0.4, 0.5) is 4.39 Å². The van der Waals surface area contributed by atoms with Gasteiger partial charge in [-0.2, -0.15) is 0 Å². The molecule has 134 valence electrons. The fraction of sp³-hybridized carbons (Fsp3) is 0.222. The summed E-state index contributed by atoms with van der Waals surface area (Å²) in [5.41, 5.74) is 1.81. The molecule has 6 nitrogen and oxygen atoms in total. The van der Waals surface area contributed by atoms with Crippen molar-refractivity contribution in [3.8, 4) is 0 Å². The Morgan fingerprint density at radius 3 is 2.50 bits per heavy atom. The Balaban J connectivity index is 1.77. The molecule has 26 heavy (non-hydrogen) atoms. The zero-order chi connectivity index (χ0) is 18.5. The van der Waals surface area contributed by atoms with Gasteiger partial charge in [0.15, 0.2) is 0 Å². The molecule has 0 saturated carbocycles. The fourth-order valence-electron chi connectivity index (χ4n) is 2.57. The number of hydrogen-bond donors (Lipinski definition) is 1. The number of halogens is 2. The van der Waals surface area contributed by atoms with Gasteiger partial charge in [0.2, 0.25) is 5.91 Å². The molecular weight excluding hydrogens is 357 g/mol. The van der Waals surface area contributed by atoms with Crippen molar-refractivity contribution in [2.24, 2.45) is 0 Å². The smallest absolute Gasteiger partial charge is 0.242 e. The third kappa shape index (κ3) is 4.64. The molecule has 0 aliphatic rings. The first-order valence-corrected chi connectivity index (χ1v) is 8.41. The molecule has 8 heteroatoms. The molecule has 1 unspecified atom stereocenters. The summed E-state index contributed by atoms with van der Waals surface area (Å²) < 4.78 is 14.7. The average Bonchev–Trinajstić information content (AvgIpc) is 3.01. The lowest BCUT2D eigenvalue weighted by molar-refractivity contribution is -0.122. The number of hydrogen-bond acceptors (Lipinski definition) is 4. The molecule has 1 amide bonds. The highest BCUT2D eigenvalue weighted by atomic mass is 35.5. The second-order valence-corrected chi connectivity index (χ2v) is 6.32. The largest absolute Gasteiger partial charge is 0.347 e. The number of tetrazole rings is 1. The van der Waals surface area contributed by atoms with Crippen molar-refractivity contribution in [1.29, 1.82) is 0 Å². The van der Waals surface area contributed by atoms with Crippen molar-refractivity contribution in [3.63, 3.8) is 0 Å². The van der Waals surface area contributed by atoms with Gasteiger partial charge in [0.25, 0.3) is 0 Å². The van der Waals surface area contributed by atoms with E-state index < -0.39 is 0 Å². The van der Waals surface area contributed by atoms with Gasteiger partial charge < -0.3 is 5.32 Å². The summed E-state index contributed by atoms with van der Waals surface area (Å²) in [6.07, 6.45) is 0.545. The van der Waals surface area contributed by atoms with E-state index in [1.165, 1.54) is 16.8 Å². The van der Waals surface area contributed by atoms with E-state index in [-0.39, 0.29) is 24.3 Å². The number of aromatic nitrogens is 4. The van der Waals surface area contributed by atoms with Crippen LogP contribution >= 0.6 is 11.6 Å². The average molecular weight is 374 g/mol. The van der Waals surface area contributed by atoms with Crippen LogP contribution < -0.4 is 5.32 Å². The number of aryl methyl sites for hydroxylation is 1. The Labute approximate surface area is 155 Å². The van der Waals surface area contributed by atoms with Crippen LogP contribution in [0.1, 0.15) is 23.0 Å². The van der Waals surface area contributed by atoms with Crippen LogP contribution in [0.2, 0.25) is 5.02 Å². The topological polar surface area (TPSA) is 72.7 Å². The second-order valence-electron chi connectivity index (χ2n) is 5.89. The number of carbonyl (C=O) groups excluding carboxylic acids is 1. The van der Waals surface area contributed by atoms with Crippen molar-refractivity contribution >= 4 is 17.5 Å². The maximum atomic E-state index is 13.3. The minimum atomic E-state index is -0.324. The number of carbonyl (C=O) groups is 1. The fourth-order valence-corrected chi connectivity index (χ4v) is 2.70. The van der Waals surface area contributed by atoms with Gasteiger partial charge in [-0.1, -0.05) is 35.9 Å². The molecule has 1 aromatic heterocycles. The molecule has 0 fully saturated rings. The van der Waals surface area contributed by atoms with Crippen molar-refractivity contribution in [1.82, 2.24) is 25.5 Å². The maximum absolute atomic E-state index is 13.3. The van der Waals surface area contributed by atoms with Crippen LogP contribution in [0.5, 0.6) is 0 Å². The van der Waals surface area contributed by atoms with Crippen LogP contribution in [0, 0.1) is 12.7 Å². The van der Waals surface area contributed by atoms with E-state index in [1.807, 2.05) is 12.1 Å². The van der Waals surface area contributed by atoms with Crippen LogP contribution in [0.25, 0.3) is 0 Å². The summed E-state index contributed by atoms with van der Waals surface area (Å²) in [5.74, 6) is -0.00509. The monoisotopic (exact) mass is 373 g/mol. The highest BCUT2D eigenvalue weighted by molar-refractivity contribution is 6.30. The van der Waals surface area contributed by atoms with Gasteiger partial charge in [-0.3, -0.25) is 4.79 Å². The quantitative estimate of drug-likeness (QED) is 0.721. The molecule has 0 saturated heterocycles. The molecule has 0 bridgehead atoms. The van der Waals surface area contributed by atoms with E-state index in [2.05, 4.69) is 20.8 Å². The molecule has 3 aromatic rings. The molecular formula is C18H17ClFN5O. The van der Waals surface area contributed by atoms with E-state index in [9.17, 15) is 9.18 Å². The molecule has 1 heterocycles. The first-order chi connectivity index (χ1) is 12.5. The van der Waals surface area contributed by atoms with Crippen molar-refractivity contribution < 1.29 is 9.18 Å². The third-order valence-corrected chi connectivity index (χ3v) is 4.22. The number of nitrogens with zero attached hydrogens (tertiary/aromatic N) is 4. The first-order valence-electron chi connectivity index (χ1n) is 8.03. The minimum Gasteiger partial charge on any atom is -0.347 e. The Bertz CT molecular complexity index is 879. The molecule has 0 spiro atoms. The predicted octanol–water partition coefficient (Wildman–Crippen LogP) is 2.87. The van der Waals surface area contributed by atoms with E-state index in [1.54, 1.807) is 31.2 Å². The van der Waals surface area contributed by atoms with Gasteiger partial charge in [-0.05, 0) is 59.2 Å². The zero-order valence-corrected chi connectivity index (χ0v) is 14.8. The standard InChI is InChI=1S/C18H17ClFN5O/c1-12-22-23-24-25(12)11-18(26)21-17(14-4-8-16(20)9-5-14)10-13-2-6-15(19)7-3-13/h2-9,17H,10-11H2,1H3,(H,21,26). The number of nitrogens with one attached hydrogen (secondary N) is 1. The minimum absolute atomic E-state index is 0.0111. The van der Waals surface area contributed by atoms with Gasteiger partial charge in [-0.15, -0.1) is 5.10 Å². The molecule has 1 N–H and O–H groups in total. The normalized spacial score (nSPS) is 12.0. The Morgan fingerprint density at radius 1 is 1.19 bits per heavy atom. The summed E-state index contributed by atoms with van der Waals surface area (Å²) in [6.45, 7) is 1.73. The Hall–Kier alpha value is -2.80. The SMILES string of the molecule is Cc1nnnn1CC(=O)NC(Cc1ccc(Cl)cc1)c1ccc(F)cc1. The van der Waals surface area contributed by atoms with Gasteiger partial charge in [-0.25, -0.2) is 9.07 Å². The maximum Gasteiger partial charge on any atom is 0.242 e. The van der Waals surface area contributed by atoms with Crippen LogP contribution in [0.3, 0.4) is 0 Å². The Kier molecular flexibility index (Phi) is 5.58. The number of rotatable bonds is 6. The van der Waals surface area contributed by atoms with Gasteiger partial charge in [0.1, 0.15) is 18.2 Å². The van der Waals surface area contributed by atoms with E-state index in [4.69, 9.17) is 11.6 Å². The van der Waals surface area contributed by atoms with Gasteiger partial charge in [0.05, 0.1) is 6.04 Å². The molecule has 2 aromatic carbocycles. The van der Waals surface area contributed by atoms with Crippen LogP contribution in [-0.4, -0.2) is 26.1 Å². The number of amides is 1. The van der Waals surface area contributed by atoms with Gasteiger partial charge >= 0.3 is 0 Å². The van der Waals surface area contributed by atoms with Crippen molar-refractivity contribution in [3.05, 3.63) is 76.3 Å². The van der Waals surface area contributed by atoms with E-state index in [0.29, 0.717) is 17.3 Å². The summed E-state index contributed by atoms with van der Waals surface area (Å²) >= 11 is 5.93. The van der Waals surface area contributed by atoms with E-state index in [0.717, 1.165) is 11.1 Å². The summed E-state index contributed by atoms with van der Waals surface area (Å²) in [4.78, 5) is 12.4. The highest BCUT2D eigenvalue weighted by Crippen LogP contribution is 2.20. The lowest BCUT2D eigenvalue weighted by Crippen LogP contribution is -2.33. The summed E-state index contributed by atoms with van der Waals surface area (Å²) in [5, 5.41) is 14.7. The molecule has 1 atom stereocenters. The second kappa shape index (κ2) is 8.05. The van der Waals surface area contributed by atoms with Gasteiger partial charge in [0, 0.05) is 5.02 Å². The molecule has 0 aliphatic heterocycles. The first kappa shape index (κ1) is 18.0. The molecule has 3 rings (SSSR count). The van der Waals surface area contributed by atoms with Crippen LogP contribution in [0.15, 0.2) is 48.5 Å². The van der Waals surface area contributed by atoms with Crippen molar-refractivity contribution in [2.75, 3.05) is 0 Å².